The van der Waals surface area contributed by atoms with Crippen molar-refractivity contribution >= 4 is 15.7 Å². The highest BCUT2D eigenvalue weighted by Crippen LogP contribution is 2.16. The first-order valence-electron chi connectivity index (χ1n) is 7.05. The summed E-state index contributed by atoms with van der Waals surface area (Å²) in [6, 6.07) is 2.96. The fourth-order valence-electron chi connectivity index (χ4n) is 2.65. The van der Waals surface area contributed by atoms with Crippen molar-refractivity contribution in [3.63, 3.8) is 0 Å². The Morgan fingerprint density at radius 2 is 2.10 bits per heavy atom. The molecule has 1 fully saturated rings. The van der Waals surface area contributed by atoms with Crippen LogP contribution in [0.25, 0.3) is 0 Å². The van der Waals surface area contributed by atoms with Crippen LogP contribution in [0.2, 0.25) is 0 Å². The molecule has 1 unspecified atom stereocenters. The van der Waals surface area contributed by atoms with E-state index in [0.717, 1.165) is 24.3 Å². The molecular formula is C14H18N2O4S. The molecule has 0 aliphatic carbocycles. The van der Waals surface area contributed by atoms with Crippen LogP contribution in [0.1, 0.15) is 29.2 Å². The largest absolute Gasteiger partial charge is 0.455 e. The molecule has 6 nitrogen and oxygen atoms in total. The maximum atomic E-state index is 12.0. The van der Waals surface area contributed by atoms with E-state index in [0.29, 0.717) is 6.54 Å². The zero-order valence-corrected chi connectivity index (χ0v) is 12.4. The summed E-state index contributed by atoms with van der Waals surface area (Å²) in [5, 5.41) is 3.78. The third-order valence-electron chi connectivity index (χ3n) is 3.71. The molecule has 1 aromatic rings. The second kappa shape index (κ2) is 5.65. The van der Waals surface area contributed by atoms with Crippen molar-refractivity contribution in [3.8, 4) is 0 Å². The van der Waals surface area contributed by atoms with Crippen molar-refractivity contribution < 1.29 is 17.6 Å². The summed E-state index contributed by atoms with van der Waals surface area (Å²) in [5.74, 6) is 0.521. The van der Waals surface area contributed by atoms with Gasteiger partial charge in [-0.05, 0) is 44.1 Å². The summed E-state index contributed by atoms with van der Waals surface area (Å²) in [5.41, 5.74) is 0. The summed E-state index contributed by atoms with van der Waals surface area (Å²) >= 11 is 0. The minimum atomic E-state index is -3.17. The van der Waals surface area contributed by atoms with Crippen molar-refractivity contribution in [2.75, 3.05) is 18.8 Å². The van der Waals surface area contributed by atoms with Crippen LogP contribution in [0, 0.1) is 0 Å². The molecular weight excluding hydrogens is 292 g/mol. The highest BCUT2D eigenvalue weighted by molar-refractivity contribution is 7.94. The number of nitrogens with one attached hydrogen (secondary N) is 1. The Balaban J connectivity index is 1.58. The topological polar surface area (TPSA) is 79.6 Å². The molecule has 3 rings (SSSR count). The first kappa shape index (κ1) is 14.3. The van der Waals surface area contributed by atoms with Crippen molar-refractivity contribution in [1.82, 2.24) is 10.2 Å². The lowest BCUT2D eigenvalue weighted by molar-refractivity contribution is 0.0916. The maximum absolute atomic E-state index is 12.0. The zero-order valence-electron chi connectivity index (χ0n) is 11.6. The first-order chi connectivity index (χ1) is 10.0. The van der Waals surface area contributed by atoms with E-state index in [1.165, 1.54) is 18.9 Å². The Morgan fingerprint density at radius 1 is 1.33 bits per heavy atom. The van der Waals surface area contributed by atoms with Crippen LogP contribution in [0.5, 0.6) is 0 Å². The fraction of sp³-hybridized carbons (Fsp3) is 0.500. The van der Waals surface area contributed by atoms with Crippen LogP contribution < -0.4 is 5.32 Å². The van der Waals surface area contributed by atoms with Gasteiger partial charge in [-0.1, -0.05) is 0 Å². The monoisotopic (exact) mass is 310 g/mol. The first-order valence-corrected chi connectivity index (χ1v) is 8.76. The lowest BCUT2D eigenvalue weighted by atomic mass is 10.3. The molecule has 1 N–H and O–H groups in total. The van der Waals surface area contributed by atoms with Crippen molar-refractivity contribution in [2.24, 2.45) is 0 Å². The molecule has 2 aliphatic heterocycles. The minimum absolute atomic E-state index is 0.0833. The van der Waals surface area contributed by atoms with E-state index < -0.39 is 15.9 Å². The molecule has 3 heterocycles. The van der Waals surface area contributed by atoms with E-state index in [1.54, 1.807) is 12.1 Å². The number of hydrogen-bond acceptors (Lipinski definition) is 5. The van der Waals surface area contributed by atoms with Gasteiger partial charge in [-0.2, -0.15) is 0 Å². The Labute approximate surface area is 123 Å². The summed E-state index contributed by atoms with van der Waals surface area (Å²) in [6.07, 6.45) is 3.90. The number of nitrogens with zero attached hydrogens (tertiary/aromatic N) is 1. The highest BCUT2D eigenvalue weighted by atomic mass is 32.2. The number of amides is 1. The summed E-state index contributed by atoms with van der Waals surface area (Å²) < 4.78 is 28.1. The smallest absolute Gasteiger partial charge is 0.287 e. The number of likely N-dealkylation sites (tertiary alicyclic amines) is 1. The normalized spacial score (nSPS) is 24.5. The molecule has 2 aliphatic rings. The van der Waals surface area contributed by atoms with Gasteiger partial charge >= 0.3 is 0 Å². The lowest BCUT2D eigenvalue weighted by Crippen LogP contribution is -2.35. The molecule has 1 saturated heterocycles. The van der Waals surface area contributed by atoms with Gasteiger partial charge in [-0.25, -0.2) is 8.42 Å². The average Bonchev–Trinajstić information content (AvgIpc) is 3.12. The van der Waals surface area contributed by atoms with Crippen LogP contribution in [0.4, 0.5) is 0 Å². The van der Waals surface area contributed by atoms with Crippen molar-refractivity contribution in [3.05, 3.63) is 35.1 Å². The molecule has 21 heavy (non-hydrogen) atoms. The standard InChI is InChI=1S/C14H18N2O4S/c17-14(15-11-5-8-21(18,19)10-11)13-4-3-12(20-13)9-16-6-1-2-7-16/h3-5,8,11H,1-2,6-7,9-10H2,(H,15,17). The van der Waals surface area contributed by atoms with Crippen LogP contribution in [0.15, 0.2) is 28.0 Å². The Morgan fingerprint density at radius 3 is 2.76 bits per heavy atom. The number of sulfone groups is 1. The van der Waals surface area contributed by atoms with Gasteiger partial charge in [-0.15, -0.1) is 0 Å². The molecule has 0 spiro atoms. The summed E-state index contributed by atoms with van der Waals surface area (Å²) in [4.78, 5) is 14.3. The number of furan rings is 1. The molecule has 0 saturated carbocycles. The molecule has 0 radical (unpaired) electrons. The molecule has 1 atom stereocenters. The van der Waals surface area contributed by atoms with Gasteiger partial charge in [0, 0.05) is 5.41 Å². The van der Waals surface area contributed by atoms with Crippen LogP contribution in [-0.4, -0.2) is 44.1 Å². The number of rotatable bonds is 4. The lowest BCUT2D eigenvalue weighted by Gasteiger charge is -2.12. The quantitative estimate of drug-likeness (QED) is 0.894. The van der Waals surface area contributed by atoms with E-state index >= 15 is 0 Å². The van der Waals surface area contributed by atoms with Crippen molar-refractivity contribution in [2.45, 2.75) is 25.4 Å². The molecule has 7 heteroatoms. The predicted octanol–water partition coefficient (Wildman–Crippen LogP) is 0.916. The minimum Gasteiger partial charge on any atom is -0.455 e. The predicted molar refractivity (Wildman–Crippen MR) is 77.4 cm³/mol. The van der Waals surface area contributed by atoms with Crippen molar-refractivity contribution in [1.29, 1.82) is 0 Å². The fourth-order valence-corrected chi connectivity index (χ4v) is 3.89. The number of hydrogen-bond donors (Lipinski definition) is 1. The van der Waals surface area contributed by atoms with E-state index in [2.05, 4.69) is 10.2 Å². The second-order valence-corrected chi connectivity index (χ2v) is 7.42. The molecule has 0 bridgehead atoms. The van der Waals surface area contributed by atoms with Gasteiger partial charge in [0.25, 0.3) is 5.91 Å². The number of carbonyl (C=O) groups is 1. The van der Waals surface area contributed by atoms with Gasteiger partial charge in [0.2, 0.25) is 0 Å². The maximum Gasteiger partial charge on any atom is 0.287 e. The van der Waals surface area contributed by atoms with Crippen LogP contribution >= 0.6 is 0 Å². The van der Waals surface area contributed by atoms with E-state index in [4.69, 9.17) is 4.42 Å². The SMILES string of the molecule is O=C(NC1C=CS(=O)(=O)C1)c1ccc(CN2CCCC2)o1. The molecule has 114 valence electrons. The zero-order chi connectivity index (χ0) is 14.9. The Bertz CT molecular complexity index is 656. The Hall–Kier alpha value is -1.60. The van der Waals surface area contributed by atoms with Gasteiger partial charge < -0.3 is 9.73 Å². The third kappa shape index (κ3) is 3.54. The van der Waals surface area contributed by atoms with E-state index in [1.807, 2.05) is 0 Å². The molecule has 0 aromatic carbocycles. The average molecular weight is 310 g/mol. The Kier molecular flexibility index (Phi) is 3.86. The van der Waals surface area contributed by atoms with Gasteiger partial charge in [-0.3, -0.25) is 9.69 Å². The molecule has 1 amide bonds. The summed E-state index contributed by atoms with van der Waals surface area (Å²) in [7, 11) is -3.17. The second-order valence-electron chi connectivity index (χ2n) is 5.49. The van der Waals surface area contributed by atoms with E-state index in [-0.39, 0.29) is 17.4 Å². The third-order valence-corrected chi connectivity index (χ3v) is 5.11. The molecule has 1 aromatic heterocycles. The number of carbonyl (C=O) groups excluding carboxylic acids is 1. The van der Waals surface area contributed by atoms with Gasteiger partial charge in [0.15, 0.2) is 15.6 Å². The van der Waals surface area contributed by atoms with Gasteiger partial charge in [0.1, 0.15) is 5.76 Å². The van der Waals surface area contributed by atoms with Gasteiger partial charge in [0.05, 0.1) is 18.3 Å². The van der Waals surface area contributed by atoms with E-state index in [9.17, 15) is 13.2 Å². The van der Waals surface area contributed by atoms with Crippen LogP contribution in [0.3, 0.4) is 0 Å². The highest BCUT2D eigenvalue weighted by Gasteiger charge is 2.24. The van der Waals surface area contributed by atoms with Crippen LogP contribution in [-0.2, 0) is 16.4 Å². The summed E-state index contributed by atoms with van der Waals surface area (Å²) in [6.45, 7) is 2.84.